The molecule has 0 unspecified atom stereocenters. The summed E-state index contributed by atoms with van der Waals surface area (Å²) in [6, 6.07) is 17.0. The number of hydrogen-bond donors (Lipinski definition) is 1. The number of thiazole rings is 1. The zero-order chi connectivity index (χ0) is 17.5. The van der Waals surface area contributed by atoms with Gasteiger partial charge in [0.05, 0.1) is 19.3 Å². The summed E-state index contributed by atoms with van der Waals surface area (Å²) in [5, 5.41) is 5.66. The van der Waals surface area contributed by atoms with Crippen molar-refractivity contribution in [3.8, 4) is 22.1 Å². The Bertz CT molecular complexity index is 816. The van der Waals surface area contributed by atoms with Crippen molar-refractivity contribution in [2.24, 2.45) is 0 Å². The minimum absolute atomic E-state index is 0.0144. The predicted molar refractivity (Wildman–Crippen MR) is 97.9 cm³/mol. The molecule has 3 aromatic rings. The molecule has 25 heavy (non-hydrogen) atoms. The first-order chi connectivity index (χ1) is 12.2. The number of rotatable bonds is 7. The number of hydrogen-bond acceptors (Lipinski definition) is 5. The summed E-state index contributed by atoms with van der Waals surface area (Å²) in [5.74, 6) is 1.31. The van der Waals surface area contributed by atoms with Gasteiger partial charge in [-0.15, -0.1) is 11.3 Å². The average Bonchev–Trinajstić information content (AvgIpc) is 3.14. The van der Waals surface area contributed by atoms with E-state index in [1.807, 2.05) is 60.0 Å². The normalized spacial score (nSPS) is 10.3. The van der Waals surface area contributed by atoms with Gasteiger partial charge < -0.3 is 14.8 Å². The van der Waals surface area contributed by atoms with Crippen molar-refractivity contribution in [3.63, 3.8) is 0 Å². The van der Waals surface area contributed by atoms with Crippen LogP contribution in [-0.4, -0.2) is 24.6 Å². The van der Waals surface area contributed by atoms with Gasteiger partial charge in [0.2, 0.25) is 0 Å². The first-order valence-electron chi connectivity index (χ1n) is 7.78. The van der Waals surface area contributed by atoms with Gasteiger partial charge in [0.15, 0.2) is 6.61 Å². The molecule has 0 atom stereocenters. The van der Waals surface area contributed by atoms with Crippen molar-refractivity contribution in [3.05, 3.63) is 65.7 Å². The molecule has 0 bridgehead atoms. The molecule has 3 rings (SSSR count). The fourth-order valence-electron chi connectivity index (χ4n) is 2.16. The summed E-state index contributed by atoms with van der Waals surface area (Å²) < 4.78 is 10.6. The van der Waals surface area contributed by atoms with Crippen LogP contribution in [0.15, 0.2) is 60.0 Å². The summed E-state index contributed by atoms with van der Waals surface area (Å²) in [6.07, 6.45) is 0. The first kappa shape index (κ1) is 17.0. The van der Waals surface area contributed by atoms with Crippen LogP contribution in [0, 0.1) is 0 Å². The van der Waals surface area contributed by atoms with Gasteiger partial charge >= 0.3 is 0 Å². The van der Waals surface area contributed by atoms with Crippen molar-refractivity contribution < 1.29 is 14.3 Å². The van der Waals surface area contributed by atoms with Crippen molar-refractivity contribution in [1.82, 2.24) is 10.3 Å². The quantitative estimate of drug-likeness (QED) is 0.705. The lowest BCUT2D eigenvalue weighted by atomic mass is 10.2. The number of carbonyl (C=O) groups is 1. The summed E-state index contributed by atoms with van der Waals surface area (Å²) in [7, 11) is 1.64. The molecule has 0 fully saturated rings. The maximum absolute atomic E-state index is 11.9. The Hall–Kier alpha value is -2.86. The number of nitrogens with one attached hydrogen (secondary N) is 1. The third kappa shape index (κ3) is 4.81. The third-order valence-corrected chi connectivity index (χ3v) is 4.41. The molecule has 128 valence electrons. The molecule has 0 saturated heterocycles. The standard InChI is InChI=1S/C19H18N2O3S/c1-23-16-9-7-14(8-10-16)19-21-15(13-25-19)11-20-18(22)12-24-17-5-3-2-4-6-17/h2-10,13H,11-12H2,1H3,(H,20,22). The average molecular weight is 354 g/mol. The Labute approximate surface area is 150 Å². The van der Waals surface area contributed by atoms with E-state index in [0.29, 0.717) is 12.3 Å². The molecule has 2 aromatic carbocycles. The van der Waals surface area contributed by atoms with Crippen LogP contribution in [0.2, 0.25) is 0 Å². The van der Waals surface area contributed by atoms with Crippen LogP contribution in [0.5, 0.6) is 11.5 Å². The number of carbonyl (C=O) groups excluding carboxylic acids is 1. The highest BCUT2D eigenvalue weighted by atomic mass is 32.1. The number of para-hydroxylation sites is 1. The predicted octanol–water partition coefficient (Wildman–Crippen LogP) is 3.51. The molecular weight excluding hydrogens is 336 g/mol. The van der Waals surface area contributed by atoms with Crippen LogP contribution in [0.1, 0.15) is 5.69 Å². The zero-order valence-electron chi connectivity index (χ0n) is 13.8. The molecule has 6 heteroatoms. The number of benzene rings is 2. The van der Waals surface area contributed by atoms with Crippen molar-refractivity contribution in [2.45, 2.75) is 6.54 Å². The highest BCUT2D eigenvalue weighted by molar-refractivity contribution is 7.13. The Balaban J connectivity index is 1.50. The molecule has 1 N–H and O–H groups in total. The largest absolute Gasteiger partial charge is 0.497 e. The maximum atomic E-state index is 11.9. The summed E-state index contributed by atoms with van der Waals surface area (Å²) in [6.45, 7) is 0.364. The highest BCUT2D eigenvalue weighted by Gasteiger charge is 2.07. The molecule has 0 aliphatic carbocycles. The lowest BCUT2D eigenvalue weighted by Crippen LogP contribution is -2.28. The SMILES string of the molecule is COc1ccc(-c2nc(CNC(=O)COc3ccccc3)cs2)cc1. The second kappa shape index (κ2) is 8.30. The van der Waals surface area contributed by atoms with Crippen molar-refractivity contribution in [1.29, 1.82) is 0 Å². The minimum Gasteiger partial charge on any atom is -0.497 e. The van der Waals surface area contributed by atoms with E-state index < -0.39 is 0 Å². The zero-order valence-corrected chi connectivity index (χ0v) is 14.6. The molecular formula is C19H18N2O3S. The topological polar surface area (TPSA) is 60.5 Å². The molecule has 0 aliphatic rings. The molecule has 1 amide bonds. The summed E-state index contributed by atoms with van der Waals surface area (Å²) in [5.41, 5.74) is 1.85. The van der Waals surface area contributed by atoms with E-state index in [2.05, 4.69) is 10.3 Å². The number of ether oxygens (including phenoxy) is 2. The Morgan fingerprint density at radius 2 is 1.84 bits per heavy atom. The molecule has 0 aliphatic heterocycles. The van der Waals surface area contributed by atoms with E-state index in [9.17, 15) is 4.79 Å². The van der Waals surface area contributed by atoms with Crippen LogP contribution >= 0.6 is 11.3 Å². The third-order valence-electron chi connectivity index (χ3n) is 3.47. The van der Waals surface area contributed by atoms with E-state index in [4.69, 9.17) is 9.47 Å². The van der Waals surface area contributed by atoms with E-state index in [1.165, 1.54) is 0 Å². The minimum atomic E-state index is -0.178. The smallest absolute Gasteiger partial charge is 0.258 e. The molecule has 0 spiro atoms. The van der Waals surface area contributed by atoms with Gasteiger partial charge in [0.25, 0.3) is 5.91 Å². The van der Waals surface area contributed by atoms with E-state index >= 15 is 0 Å². The van der Waals surface area contributed by atoms with Gasteiger partial charge in [0, 0.05) is 10.9 Å². The Morgan fingerprint density at radius 1 is 1.08 bits per heavy atom. The van der Waals surface area contributed by atoms with Gasteiger partial charge in [0.1, 0.15) is 16.5 Å². The van der Waals surface area contributed by atoms with Gasteiger partial charge in [-0.05, 0) is 36.4 Å². The fourth-order valence-corrected chi connectivity index (χ4v) is 2.99. The number of methoxy groups -OCH3 is 1. The van der Waals surface area contributed by atoms with Gasteiger partial charge in [-0.25, -0.2) is 4.98 Å². The van der Waals surface area contributed by atoms with Crippen molar-refractivity contribution in [2.75, 3.05) is 13.7 Å². The molecule has 5 nitrogen and oxygen atoms in total. The highest BCUT2D eigenvalue weighted by Crippen LogP contribution is 2.25. The van der Waals surface area contributed by atoms with E-state index in [-0.39, 0.29) is 12.5 Å². The van der Waals surface area contributed by atoms with Crippen LogP contribution < -0.4 is 14.8 Å². The summed E-state index contributed by atoms with van der Waals surface area (Å²) >= 11 is 1.54. The van der Waals surface area contributed by atoms with E-state index in [0.717, 1.165) is 22.0 Å². The van der Waals surface area contributed by atoms with Crippen molar-refractivity contribution >= 4 is 17.2 Å². The molecule has 1 heterocycles. The fraction of sp³-hybridized carbons (Fsp3) is 0.158. The molecule has 0 saturated carbocycles. The van der Waals surface area contributed by atoms with Crippen LogP contribution in [0.25, 0.3) is 10.6 Å². The maximum Gasteiger partial charge on any atom is 0.258 e. The molecule has 1 aromatic heterocycles. The molecule has 0 radical (unpaired) electrons. The first-order valence-corrected chi connectivity index (χ1v) is 8.66. The van der Waals surface area contributed by atoms with Gasteiger partial charge in [-0.2, -0.15) is 0 Å². The monoisotopic (exact) mass is 354 g/mol. The Kier molecular flexibility index (Phi) is 5.64. The second-order valence-corrected chi connectivity index (χ2v) is 6.11. The van der Waals surface area contributed by atoms with E-state index in [1.54, 1.807) is 18.4 Å². The van der Waals surface area contributed by atoms with Gasteiger partial charge in [-0.1, -0.05) is 18.2 Å². The summed E-state index contributed by atoms with van der Waals surface area (Å²) in [4.78, 5) is 16.4. The lowest BCUT2D eigenvalue weighted by molar-refractivity contribution is -0.123. The van der Waals surface area contributed by atoms with Crippen LogP contribution in [-0.2, 0) is 11.3 Å². The van der Waals surface area contributed by atoms with Gasteiger partial charge in [-0.3, -0.25) is 4.79 Å². The number of aromatic nitrogens is 1. The van der Waals surface area contributed by atoms with Crippen LogP contribution in [0.3, 0.4) is 0 Å². The Morgan fingerprint density at radius 3 is 2.56 bits per heavy atom. The number of amides is 1. The number of nitrogens with zero attached hydrogens (tertiary/aromatic N) is 1. The lowest BCUT2D eigenvalue weighted by Gasteiger charge is -2.06. The van der Waals surface area contributed by atoms with Crippen LogP contribution in [0.4, 0.5) is 0 Å². The second-order valence-electron chi connectivity index (χ2n) is 5.25.